The molecule has 0 aliphatic rings. The Morgan fingerprint density at radius 3 is 1.89 bits per heavy atom. The molecule has 0 heterocycles. The molecule has 0 fully saturated rings. The van der Waals surface area contributed by atoms with Crippen LogP contribution in [0.5, 0.6) is 0 Å². The summed E-state index contributed by atoms with van der Waals surface area (Å²) in [4.78, 5) is 5.86. The fraction of sp³-hybridized carbons (Fsp3) is 0.333. The lowest BCUT2D eigenvalue weighted by Crippen LogP contribution is -1.80. The molecule has 0 aromatic heterocycles. The summed E-state index contributed by atoms with van der Waals surface area (Å²) < 4.78 is 4.65. The second kappa shape index (κ2) is 3.51. The molecule has 3 nitrogen and oxygen atoms in total. The highest BCUT2D eigenvalue weighted by Gasteiger charge is 2.08. The zero-order valence-electron chi connectivity index (χ0n) is 5.30. The second-order valence-electron chi connectivity index (χ2n) is 1.31. The van der Waals surface area contributed by atoms with Crippen LogP contribution in [0.4, 0.5) is 0 Å². The van der Waals surface area contributed by atoms with Gasteiger partial charge in [-0.2, -0.15) is 9.69 Å². The normalized spacial score (nSPS) is 6.67. The number of nitrogens with zero attached hydrogens (tertiary/aromatic N) is 2. The molecule has 0 bridgehead atoms. The zero-order chi connectivity index (χ0) is 7.28. The third-order valence-corrected chi connectivity index (χ3v) is 0.833. The predicted octanol–water partition coefficient (Wildman–Crippen LogP) is 1.66. The number of hydrogen-bond donors (Lipinski definition) is 0. The van der Waals surface area contributed by atoms with Crippen molar-refractivity contribution in [2.45, 2.75) is 6.92 Å². The molecule has 0 rings (SSSR count). The van der Waals surface area contributed by atoms with Gasteiger partial charge in [-0.25, -0.2) is 0 Å². The van der Waals surface area contributed by atoms with E-state index in [1.165, 1.54) is 7.11 Å². The second-order valence-corrected chi connectivity index (χ2v) is 1.31. The van der Waals surface area contributed by atoms with Crippen molar-refractivity contribution in [2.75, 3.05) is 7.11 Å². The molecule has 0 atom stereocenters. The van der Waals surface area contributed by atoms with E-state index in [1.54, 1.807) is 6.92 Å². The van der Waals surface area contributed by atoms with Crippen molar-refractivity contribution in [3.8, 4) is 0 Å². The van der Waals surface area contributed by atoms with Crippen LogP contribution in [0.2, 0.25) is 0 Å². The van der Waals surface area contributed by atoms with E-state index in [1.807, 2.05) is 0 Å². The Bertz CT molecular complexity index is 188. The van der Waals surface area contributed by atoms with Crippen molar-refractivity contribution in [3.63, 3.8) is 0 Å². The monoisotopic (exact) mass is 122 g/mol. The van der Waals surface area contributed by atoms with E-state index in [0.29, 0.717) is 5.76 Å². The van der Waals surface area contributed by atoms with Crippen LogP contribution in [0, 0.1) is 13.1 Å². The number of ether oxygens (including phenoxy) is 1. The average molecular weight is 122 g/mol. The first kappa shape index (κ1) is 7.52. The quantitative estimate of drug-likeness (QED) is 0.382. The topological polar surface area (TPSA) is 18.0 Å². The summed E-state index contributed by atoms with van der Waals surface area (Å²) in [6.45, 7) is 14.5. The van der Waals surface area contributed by atoms with Gasteiger partial charge in [-0.05, 0) is 6.92 Å². The third kappa shape index (κ3) is 1.84. The molecule has 0 aliphatic carbocycles. The molecule has 0 aliphatic heterocycles. The summed E-state index contributed by atoms with van der Waals surface area (Å²) in [5.74, 6) is 0.373. The first-order valence-electron chi connectivity index (χ1n) is 2.26. The van der Waals surface area contributed by atoms with Crippen molar-refractivity contribution < 1.29 is 4.74 Å². The van der Waals surface area contributed by atoms with Crippen molar-refractivity contribution >= 4 is 0 Å². The number of hydrogen-bond acceptors (Lipinski definition) is 1. The van der Waals surface area contributed by atoms with Crippen molar-refractivity contribution in [1.29, 1.82) is 0 Å². The Balaban J connectivity index is 4.49. The van der Waals surface area contributed by atoms with Gasteiger partial charge in [0, 0.05) is 0 Å². The minimum atomic E-state index is -0.00231. The Morgan fingerprint density at radius 1 is 1.33 bits per heavy atom. The number of allylic oxidation sites excluding steroid dienone is 1. The van der Waals surface area contributed by atoms with Gasteiger partial charge in [-0.15, -0.1) is 0 Å². The lowest BCUT2D eigenvalue weighted by Gasteiger charge is -1.89. The van der Waals surface area contributed by atoms with E-state index in [-0.39, 0.29) is 5.82 Å². The Hall–Kier alpha value is -1.48. The van der Waals surface area contributed by atoms with E-state index in [4.69, 9.17) is 13.1 Å². The summed E-state index contributed by atoms with van der Waals surface area (Å²) in [5, 5.41) is 0. The molecule has 0 spiro atoms. The van der Waals surface area contributed by atoms with Gasteiger partial charge in [0.2, 0.25) is 0 Å². The SMILES string of the molecule is [C-]#[N+]C([N+]#[C-])=C(C)OC. The highest BCUT2D eigenvalue weighted by Crippen LogP contribution is 2.06. The smallest absolute Gasteiger partial charge is 0.505 e. The van der Waals surface area contributed by atoms with E-state index < -0.39 is 0 Å². The summed E-state index contributed by atoms with van der Waals surface area (Å²) >= 11 is 0. The molecular formula is C6H6N2O. The molecule has 0 saturated heterocycles. The molecule has 0 N–H and O–H groups in total. The lowest BCUT2D eigenvalue weighted by atomic mass is 10.5. The first-order chi connectivity index (χ1) is 4.26. The van der Waals surface area contributed by atoms with E-state index in [0.717, 1.165) is 0 Å². The molecule has 3 heteroatoms. The van der Waals surface area contributed by atoms with Gasteiger partial charge in [-0.3, -0.25) is 0 Å². The lowest BCUT2D eigenvalue weighted by molar-refractivity contribution is 0.291. The van der Waals surface area contributed by atoms with Crippen molar-refractivity contribution in [2.24, 2.45) is 0 Å². The van der Waals surface area contributed by atoms with Crippen LogP contribution >= 0.6 is 0 Å². The highest BCUT2D eigenvalue weighted by atomic mass is 16.5. The van der Waals surface area contributed by atoms with Gasteiger partial charge in [0.1, 0.15) is 13.1 Å². The van der Waals surface area contributed by atoms with Crippen LogP contribution in [0.15, 0.2) is 11.6 Å². The van der Waals surface area contributed by atoms with Crippen molar-refractivity contribution in [3.05, 3.63) is 34.4 Å². The number of rotatable bonds is 1. The van der Waals surface area contributed by atoms with Crippen LogP contribution in [0.25, 0.3) is 9.69 Å². The number of methoxy groups -OCH3 is 1. The molecule has 9 heavy (non-hydrogen) atoms. The fourth-order valence-electron chi connectivity index (χ4n) is 0.274. The van der Waals surface area contributed by atoms with Gasteiger partial charge in [0.25, 0.3) is 0 Å². The Morgan fingerprint density at radius 2 is 1.78 bits per heavy atom. The van der Waals surface area contributed by atoms with Crippen LogP contribution < -0.4 is 0 Å². The van der Waals surface area contributed by atoms with Crippen LogP contribution in [0.1, 0.15) is 6.92 Å². The van der Waals surface area contributed by atoms with Crippen LogP contribution in [-0.2, 0) is 4.74 Å². The molecule has 0 aromatic rings. The van der Waals surface area contributed by atoms with E-state index in [9.17, 15) is 0 Å². The third-order valence-electron chi connectivity index (χ3n) is 0.833. The molecular weight excluding hydrogens is 116 g/mol. The Labute approximate surface area is 54.2 Å². The zero-order valence-corrected chi connectivity index (χ0v) is 5.30. The molecule has 0 saturated carbocycles. The summed E-state index contributed by atoms with van der Waals surface area (Å²) in [6, 6.07) is 0. The molecule has 0 amide bonds. The van der Waals surface area contributed by atoms with Crippen molar-refractivity contribution in [1.82, 2.24) is 0 Å². The maximum absolute atomic E-state index is 6.47. The summed E-state index contributed by atoms with van der Waals surface area (Å²) in [5.41, 5.74) is 0. The van der Waals surface area contributed by atoms with Gasteiger partial charge in [0.05, 0.1) is 7.11 Å². The first-order valence-corrected chi connectivity index (χ1v) is 2.26. The predicted molar refractivity (Wildman–Crippen MR) is 32.9 cm³/mol. The van der Waals surface area contributed by atoms with Gasteiger partial charge in [0.15, 0.2) is 5.76 Å². The standard InChI is InChI=1S/C6H6N2O/c1-5(9-4)6(7-2)8-3/h1,4H3. The molecule has 0 unspecified atom stereocenters. The highest BCUT2D eigenvalue weighted by molar-refractivity contribution is 5.20. The minimum Gasteiger partial charge on any atom is -0.505 e. The van der Waals surface area contributed by atoms with Crippen LogP contribution in [-0.4, -0.2) is 7.11 Å². The molecule has 46 valence electrons. The minimum absolute atomic E-state index is 0.00231. The van der Waals surface area contributed by atoms with Gasteiger partial charge in [-0.1, -0.05) is 0 Å². The Kier molecular flexibility index (Phi) is 2.94. The van der Waals surface area contributed by atoms with E-state index in [2.05, 4.69) is 14.4 Å². The summed E-state index contributed by atoms with van der Waals surface area (Å²) in [7, 11) is 1.44. The van der Waals surface area contributed by atoms with Crippen LogP contribution in [0.3, 0.4) is 0 Å². The maximum Gasteiger partial charge on any atom is 0.557 e. The average Bonchev–Trinajstić information content (AvgIpc) is 1.90. The molecule has 0 radical (unpaired) electrons. The summed E-state index contributed by atoms with van der Waals surface area (Å²) in [6.07, 6.45) is 0. The van der Waals surface area contributed by atoms with Gasteiger partial charge >= 0.3 is 5.82 Å². The fourth-order valence-corrected chi connectivity index (χ4v) is 0.274. The van der Waals surface area contributed by atoms with E-state index >= 15 is 0 Å². The largest absolute Gasteiger partial charge is 0.557 e. The van der Waals surface area contributed by atoms with Gasteiger partial charge < -0.3 is 4.74 Å². The molecule has 0 aromatic carbocycles. The maximum atomic E-state index is 6.47.